The molecule has 4 aliphatic heterocycles. The molecule has 0 spiro atoms. The summed E-state index contributed by atoms with van der Waals surface area (Å²) in [6, 6.07) is 30.4. The van der Waals surface area contributed by atoms with E-state index in [0.717, 1.165) is 127 Å². The van der Waals surface area contributed by atoms with Gasteiger partial charge < -0.3 is 56.4 Å². The largest absolute Gasteiger partial charge is 0.463 e. The van der Waals surface area contributed by atoms with Gasteiger partial charge in [0.2, 0.25) is 11.8 Å². The van der Waals surface area contributed by atoms with Gasteiger partial charge in [-0.25, -0.2) is 15.0 Å². The Balaban J connectivity index is 0.000000158. The number of ether oxygens (including phenoxy) is 2. The summed E-state index contributed by atoms with van der Waals surface area (Å²) in [4.78, 5) is 68.8. The number of pyridine rings is 1. The number of carbonyl (C=O) groups excluding carboxylic acids is 3. The molecule has 3 aromatic heterocycles. The molecule has 460 valence electrons. The summed E-state index contributed by atoms with van der Waals surface area (Å²) in [6.45, 7) is 20.9. The first-order chi connectivity index (χ1) is 42.0. The Hall–Kier alpha value is -8.46. The summed E-state index contributed by atoms with van der Waals surface area (Å²) in [5.41, 5.74) is 27.9. The van der Waals surface area contributed by atoms with Gasteiger partial charge in [0.15, 0.2) is 17.5 Å². The zero-order valence-corrected chi connectivity index (χ0v) is 51.5. The van der Waals surface area contributed by atoms with Crippen LogP contribution < -0.4 is 32.2 Å². The Morgan fingerprint density at radius 2 is 1.47 bits per heavy atom. The Kier molecular flexibility index (Phi) is 21.2. The van der Waals surface area contributed by atoms with Crippen molar-refractivity contribution >= 4 is 80.4 Å². The van der Waals surface area contributed by atoms with E-state index in [2.05, 4.69) is 80.2 Å². The summed E-state index contributed by atoms with van der Waals surface area (Å²) in [6.07, 6.45) is 10.8. The highest BCUT2D eigenvalue weighted by atomic mass is 16.5. The Bertz CT molecular complexity index is 3590. The molecule has 4 aliphatic rings. The molecule has 4 aromatic carbocycles. The molecule has 87 heavy (non-hydrogen) atoms. The molecule has 7 aromatic rings. The predicted molar refractivity (Wildman–Crippen MR) is 347 cm³/mol. The number of nitrogens with zero attached hydrogens (tertiary/aromatic N) is 10. The molecule has 0 radical (unpaired) electrons. The van der Waals surface area contributed by atoms with E-state index in [1.165, 1.54) is 31.5 Å². The van der Waals surface area contributed by atoms with Gasteiger partial charge in [-0.2, -0.15) is 9.97 Å². The van der Waals surface area contributed by atoms with Gasteiger partial charge >= 0.3 is 6.01 Å². The number of nitrogens with two attached hydrogens (primary N) is 3. The molecule has 0 bridgehead atoms. The zero-order valence-electron chi connectivity index (χ0n) is 51.5. The van der Waals surface area contributed by atoms with Crippen molar-refractivity contribution in [1.82, 2.24) is 39.2 Å². The van der Waals surface area contributed by atoms with Crippen LogP contribution in [0.1, 0.15) is 132 Å². The van der Waals surface area contributed by atoms with Crippen molar-refractivity contribution in [3.05, 3.63) is 125 Å². The zero-order chi connectivity index (χ0) is 61.6. The standard InChI is InChI=1S/C28H34N4O2.C22H30N6O2.C17H22N4O2/c1-3-13-31(14-4-2)28(34)24-17-23-12-11-22(18-25(23)30-26(29)19-24)20-7-9-21(10-8-20)27(33)32-15-5-6-16-32;1-2-3-11-30-22-25-20(23)19-21(26-22)28(15-18(29)24-19)14-17-8-6-7-16(12-17)13-27-9-4-5-10-27;1-4-23-9-13-20-14-15(21(13)10-17(2,3)22)11-7-5-6-8-12(11)19-16(14)18/h7-12,17-18H,3-6,13-16,19H2,1-2H3,(H2,29,30);6-8,12H,2-5,9-11,13-15H2,1H3,(H,24,29)(H2,23,25,26);5-8,22H,4,9-10H2,1-3H3,(H2,18,19). The number of rotatable bonds is 20. The summed E-state index contributed by atoms with van der Waals surface area (Å²) >= 11 is 0. The van der Waals surface area contributed by atoms with Crippen LogP contribution in [0.4, 0.5) is 28.8 Å². The molecule has 11 rings (SSSR count). The fourth-order valence-electron chi connectivity index (χ4n) is 11.4. The first-order valence-corrected chi connectivity index (χ1v) is 30.9. The third kappa shape index (κ3) is 16.1. The second kappa shape index (κ2) is 29.3. The van der Waals surface area contributed by atoms with E-state index in [0.29, 0.717) is 73.6 Å². The molecule has 20 heteroatoms. The highest BCUT2D eigenvalue weighted by Gasteiger charge is 2.29. The number of nitrogen functional groups attached to an aromatic ring is 2. The highest BCUT2D eigenvalue weighted by Crippen LogP contribution is 2.36. The molecular formula is C67H86N14O6. The maximum absolute atomic E-state index is 13.2. The highest BCUT2D eigenvalue weighted by molar-refractivity contribution is 6.07. The van der Waals surface area contributed by atoms with Crippen LogP contribution in [-0.4, -0.2) is 132 Å². The number of hydrogen-bond donors (Lipinski definition) is 5. The van der Waals surface area contributed by atoms with Gasteiger partial charge in [-0.3, -0.25) is 19.3 Å². The number of likely N-dealkylation sites (tertiary alicyclic amines) is 2. The summed E-state index contributed by atoms with van der Waals surface area (Å²) in [5, 5.41) is 14.1. The van der Waals surface area contributed by atoms with Crippen LogP contribution in [0.2, 0.25) is 0 Å². The third-order valence-electron chi connectivity index (χ3n) is 15.6. The normalized spacial score (nSPS) is 14.9. The molecule has 2 fully saturated rings. The molecule has 20 nitrogen and oxygen atoms in total. The van der Waals surface area contributed by atoms with Crippen molar-refractivity contribution in [2.45, 2.75) is 131 Å². The van der Waals surface area contributed by atoms with Crippen LogP contribution in [0.25, 0.3) is 39.1 Å². The van der Waals surface area contributed by atoms with Crippen LogP contribution in [0.5, 0.6) is 6.01 Å². The van der Waals surface area contributed by atoms with E-state index < -0.39 is 5.60 Å². The van der Waals surface area contributed by atoms with Gasteiger partial charge in [0.05, 0.1) is 42.0 Å². The van der Waals surface area contributed by atoms with Crippen molar-refractivity contribution in [3.8, 4) is 17.1 Å². The third-order valence-corrected chi connectivity index (χ3v) is 15.6. The van der Waals surface area contributed by atoms with Crippen LogP contribution in [0, 0.1) is 0 Å². The molecular weight excluding hydrogens is 1100 g/mol. The fraction of sp³-hybridized carbons (Fsp3) is 0.433. The van der Waals surface area contributed by atoms with Crippen LogP contribution >= 0.6 is 0 Å². The van der Waals surface area contributed by atoms with Gasteiger partial charge in [-0.05, 0) is 131 Å². The number of carbonyl (C=O) groups is 3. The lowest BCUT2D eigenvalue weighted by Gasteiger charge is -2.30. The topological polar surface area (TPSA) is 262 Å². The SMILES string of the molecule is CCCCOc1nc(N)c2c(n1)N(Cc1cccc(CN3CCCC3)c1)CC(=O)N2.CCCN(CCC)C(=O)C1=Cc2ccc(-c3ccc(C(=O)N4CCCC4)cc3)cc2N=C(N)C1.CCOCc1nc2c(N)nc3ccccc3c2n1CC(C)(C)O. The first kappa shape index (κ1) is 63.1. The number of aliphatic imine (C=N–C) groups is 1. The van der Waals surface area contributed by atoms with Crippen molar-refractivity contribution in [1.29, 1.82) is 0 Å². The van der Waals surface area contributed by atoms with E-state index in [9.17, 15) is 19.5 Å². The quantitative estimate of drug-likeness (QED) is 0.0445. The summed E-state index contributed by atoms with van der Waals surface area (Å²) in [7, 11) is 0. The number of amides is 3. The number of imidazole rings is 1. The average molecular weight is 1180 g/mol. The number of para-hydroxylation sites is 1. The van der Waals surface area contributed by atoms with Crippen molar-refractivity contribution in [2.24, 2.45) is 10.7 Å². The molecule has 0 aliphatic carbocycles. The fourth-order valence-corrected chi connectivity index (χ4v) is 11.4. The number of anilines is 4. The van der Waals surface area contributed by atoms with Gasteiger partial charge in [0.25, 0.3) is 5.91 Å². The Morgan fingerprint density at radius 1 is 0.770 bits per heavy atom. The maximum Gasteiger partial charge on any atom is 0.320 e. The minimum atomic E-state index is -0.881. The van der Waals surface area contributed by atoms with Crippen molar-refractivity contribution in [2.75, 3.05) is 80.7 Å². The van der Waals surface area contributed by atoms with Gasteiger partial charge in [-0.15, -0.1) is 0 Å². The molecule has 0 atom stereocenters. The minimum Gasteiger partial charge on any atom is -0.463 e. The van der Waals surface area contributed by atoms with E-state index >= 15 is 0 Å². The van der Waals surface area contributed by atoms with Crippen molar-refractivity contribution < 1.29 is 29.0 Å². The number of fused-ring (bicyclic) bond motifs is 5. The molecule has 0 unspecified atom stereocenters. The number of nitrogens with one attached hydrogen (secondary N) is 1. The second-order valence-corrected chi connectivity index (χ2v) is 23.4. The number of amidine groups is 1. The lowest BCUT2D eigenvalue weighted by molar-refractivity contribution is -0.127. The predicted octanol–water partition coefficient (Wildman–Crippen LogP) is 10.3. The monoisotopic (exact) mass is 1180 g/mol. The lowest BCUT2D eigenvalue weighted by Crippen LogP contribution is -2.39. The molecule has 3 amide bonds. The van der Waals surface area contributed by atoms with Gasteiger partial charge in [0.1, 0.15) is 29.5 Å². The summed E-state index contributed by atoms with van der Waals surface area (Å²) in [5.74, 6) is 2.44. The van der Waals surface area contributed by atoms with E-state index in [4.69, 9.17) is 26.7 Å². The van der Waals surface area contributed by atoms with Gasteiger partial charge in [0, 0.05) is 74.4 Å². The number of hydrogen-bond acceptors (Lipinski definition) is 16. The number of benzene rings is 4. The second-order valence-electron chi connectivity index (χ2n) is 23.4. The number of unbranched alkanes of at least 4 members (excludes halogenated alkanes) is 1. The molecule has 8 N–H and O–H groups in total. The average Bonchev–Trinajstić information content (AvgIpc) is 1.75. The Morgan fingerprint density at radius 3 is 2.17 bits per heavy atom. The number of aliphatic hydroxyl groups is 1. The molecule has 7 heterocycles. The minimum absolute atomic E-state index is 0.0389. The lowest BCUT2D eigenvalue weighted by atomic mass is 9.99. The van der Waals surface area contributed by atoms with Crippen LogP contribution in [-0.2, 0) is 40.6 Å². The van der Waals surface area contributed by atoms with E-state index in [-0.39, 0.29) is 36.1 Å². The van der Waals surface area contributed by atoms with E-state index in [1.807, 2.05) is 99.0 Å². The molecule has 0 saturated carbocycles. The first-order valence-electron chi connectivity index (χ1n) is 30.9. The Labute approximate surface area is 510 Å². The number of aromatic nitrogens is 5. The van der Waals surface area contributed by atoms with Crippen LogP contribution in [0.15, 0.2) is 102 Å². The smallest absolute Gasteiger partial charge is 0.320 e. The summed E-state index contributed by atoms with van der Waals surface area (Å²) < 4.78 is 13.2. The van der Waals surface area contributed by atoms with Crippen molar-refractivity contribution in [3.63, 3.8) is 0 Å². The van der Waals surface area contributed by atoms with Gasteiger partial charge in [-0.1, -0.05) is 93.9 Å². The van der Waals surface area contributed by atoms with E-state index in [1.54, 1.807) is 13.8 Å². The van der Waals surface area contributed by atoms with Crippen LogP contribution in [0.3, 0.4) is 0 Å². The molecule has 2 saturated heterocycles. The maximum atomic E-state index is 13.2.